The first-order valence-corrected chi connectivity index (χ1v) is 6.36. The van der Waals surface area contributed by atoms with Crippen molar-refractivity contribution >= 4 is 5.82 Å². The zero-order chi connectivity index (χ0) is 13.2. The number of anilines is 1. The minimum atomic E-state index is 0.499. The highest BCUT2D eigenvalue weighted by molar-refractivity contribution is 5.42. The summed E-state index contributed by atoms with van der Waals surface area (Å²) in [7, 11) is 0. The fourth-order valence-electron chi connectivity index (χ4n) is 2.40. The number of fused-ring (bicyclic) bond motifs is 1. The van der Waals surface area contributed by atoms with Crippen LogP contribution in [-0.2, 0) is 12.8 Å². The second-order valence-corrected chi connectivity index (χ2v) is 4.67. The number of rotatable bonds is 3. The summed E-state index contributed by atoms with van der Waals surface area (Å²) in [6, 6.07) is 7.89. The maximum Gasteiger partial charge on any atom is 0.224 e. The van der Waals surface area contributed by atoms with Gasteiger partial charge in [-0.25, -0.2) is 10.8 Å². The molecule has 0 unspecified atom stereocenters. The second kappa shape index (κ2) is 4.85. The normalized spacial score (nSPS) is 13.2. The molecular formula is C14H16N4O. The number of aromatic nitrogens is 2. The molecule has 5 nitrogen and oxygen atoms in total. The van der Waals surface area contributed by atoms with E-state index in [0.717, 1.165) is 12.2 Å². The standard InChI is InChI=1S/C14H16N4O/c1-9-16-13(18-15)8-14(17-9)19-12-6-5-10-3-2-4-11(10)7-12/h5-8H,2-4,15H2,1H3,(H,16,17,18). The molecule has 0 spiro atoms. The van der Waals surface area contributed by atoms with Gasteiger partial charge in [-0.15, -0.1) is 0 Å². The summed E-state index contributed by atoms with van der Waals surface area (Å²) >= 11 is 0. The van der Waals surface area contributed by atoms with E-state index in [9.17, 15) is 0 Å². The third-order valence-electron chi connectivity index (χ3n) is 3.25. The quantitative estimate of drug-likeness (QED) is 0.651. The second-order valence-electron chi connectivity index (χ2n) is 4.67. The van der Waals surface area contributed by atoms with Crippen LogP contribution in [0, 0.1) is 6.92 Å². The van der Waals surface area contributed by atoms with Crippen molar-refractivity contribution in [1.29, 1.82) is 0 Å². The molecule has 0 radical (unpaired) electrons. The van der Waals surface area contributed by atoms with E-state index in [1.165, 1.54) is 24.0 Å². The third-order valence-corrected chi connectivity index (χ3v) is 3.25. The molecule has 3 rings (SSSR count). The minimum Gasteiger partial charge on any atom is -0.439 e. The number of hydrogen-bond acceptors (Lipinski definition) is 5. The summed E-state index contributed by atoms with van der Waals surface area (Å²) in [5.74, 6) is 7.83. The van der Waals surface area contributed by atoms with Crippen LogP contribution in [-0.4, -0.2) is 9.97 Å². The van der Waals surface area contributed by atoms with Crippen LogP contribution in [0.2, 0.25) is 0 Å². The number of nitrogens with two attached hydrogens (primary N) is 1. The molecule has 0 amide bonds. The molecule has 0 aliphatic heterocycles. The zero-order valence-electron chi connectivity index (χ0n) is 10.8. The van der Waals surface area contributed by atoms with Crippen LogP contribution < -0.4 is 16.0 Å². The number of nitrogen functional groups attached to an aromatic ring is 1. The van der Waals surface area contributed by atoms with Crippen molar-refractivity contribution in [1.82, 2.24) is 9.97 Å². The van der Waals surface area contributed by atoms with Gasteiger partial charge in [0.1, 0.15) is 17.4 Å². The first kappa shape index (κ1) is 11.9. The van der Waals surface area contributed by atoms with Crippen molar-refractivity contribution in [2.24, 2.45) is 5.84 Å². The van der Waals surface area contributed by atoms with E-state index in [4.69, 9.17) is 10.6 Å². The Hall–Kier alpha value is -2.14. The van der Waals surface area contributed by atoms with Crippen LogP contribution in [0.5, 0.6) is 11.6 Å². The Labute approximate surface area is 111 Å². The number of ether oxygens (including phenoxy) is 1. The molecule has 0 bridgehead atoms. The number of nitrogens with zero attached hydrogens (tertiary/aromatic N) is 2. The van der Waals surface area contributed by atoms with E-state index in [1.807, 2.05) is 6.07 Å². The van der Waals surface area contributed by atoms with Crippen LogP contribution in [0.15, 0.2) is 24.3 Å². The molecule has 1 aromatic carbocycles. The fourth-order valence-corrected chi connectivity index (χ4v) is 2.40. The van der Waals surface area contributed by atoms with Gasteiger partial charge in [0.05, 0.1) is 0 Å². The lowest BCUT2D eigenvalue weighted by molar-refractivity contribution is 0.459. The van der Waals surface area contributed by atoms with E-state index >= 15 is 0 Å². The predicted octanol–water partition coefficient (Wildman–Crippen LogP) is 2.35. The van der Waals surface area contributed by atoms with Crippen LogP contribution >= 0.6 is 0 Å². The maximum absolute atomic E-state index is 5.78. The summed E-state index contributed by atoms with van der Waals surface area (Å²) in [5.41, 5.74) is 5.31. The summed E-state index contributed by atoms with van der Waals surface area (Å²) in [6.07, 6.45) is 3.53. The highest BCUT2D eigenvalue weighted by Gasteiger charge is 2.12. The Morgan fingerprint density at radius 3 is 2.84 bits per heavy atom. The monoisotopic (exact) mass is 256 g/mol. The van der Waals surface area contributed by atoms with Gasteiger partial charge in [0.2, 0.25) is 5.88 Å². The number of aryl methyl sites for hydroxylation is 3. The molecule has 5 heteroatoms. The van der Waals surface area contributed by atoms with Crippen molar-refractivity contribution in [2.45, 2.75) is 26.2 Å². The van der Waals surface area contributed by atoms with Crippen molar-refractivity contribution in [3.8, 4) is 11.6 Å². The summed E-state index contributed by atoms with van der Waals surface area (Å²) in [4.78, 5) is 8.37. The van der Waals surface area contributed by atoms with Gasteiger partial charge < -0.3 is 10.2 Å². The van der Waals surface area contributed by atoms with Crippen LogP contribution in [0.1, 0.15) is 23.4 Å². The third kappa shape index (κ3) is 2.51. The Kier molecular flexibility index (Phi) is 3.05. The molecule has 0 saturated carbocycles. The van der Waals surface area contributed by atoms with E-state index in [1.54, 1.807) is 13.0 Å². The van der Waals surface area contributed by atoms with Crippen molar-refractivity contribution in [2.75, 3.05) is 5.43 Å². The molecule has 0 saturated heterocycles. The van der Waals surface area contributed by atoms with Gasteiger partial charge in [0, 0.05) is 6.07 Å². The zero-order valence-corrected chi connectivity index (χ0v) is 10.8. The largest absolute Gasteiger partial charge is 0.439 e. The van der Waals surface area contributed by atoms with Gasteiger partial charge in [-0.1, -0.05) is 6.07 Å². The van der Waals surface area contributed by atoms with E-state index in [2.05, 4.69) is 27.5 Å². The van der Waals surface area contributed by atoms with Gasteiger partial charge in [-0.05, 0) is 49.4 Å². The average Bonchev–Trinajstić information content (AvgIpc) is 2.85. The van der Waals surface area contributed by atoms with Crippen molar-refractivity contribution in [3.05, 3.63) is 41.2 Å². The molecule has 3 N–H and O–H groups in total. The molecule has 0 fully saturated rings. The van der Waals surface area contributed by atoms with Gasteiger partial charge in [0.15, 0.2) is 0 Å². The number of benzene rings is 1. The Balaban J connectivity index is 1.86. The molecule has 1 aromatic heterocycles. The SMILES string of the molecule is Cc1nc(NN)cc(Oc2ccc3c(c2)CCC3)n1. The minimum absolute atomic E-state index is 0.499. The first-order chi connectivity index (χ1) is 9.24. The Bertz CT molecular complexity index is 612. The summed E-state index contributed by atoms with van der Waals surface area (Å²) < 4.78 is 5.78. The maximum atomic E-state index is 5.78. The lowest BCUT2D eigenvalue weighted by Crippen LogP contribution is -2.09. The Morgan fingerprint density at radius 2 is 2.00 bits per heavy atom. The van der Waals surface area contributed by atoms with E-state index in [-0.39, 0.29) is 0 Å². The number of hydrogen-bond donors (Lipinski definition) is 2. The molecule has 0 atom stereocenters. The van der Waals surface area contributed by atoms with E-state index < -0.39 is 0 Å². The van der Waals surface area contributed by atoms with Gasteiger partial charge in [-0.3, -0.25) is 0 Å². The molecule has 1 aliphatic rings. The van der Waals surface area contributed by atoms with Crippen molar-refractivity contribution in [3.63, 3.8) is 0 Å². The lowest BCUT2D eigenvalue weighted by atomic mass is 10.1. The molecule has 2 aromatic rings. The molecule has 1 heterocycles. The summed E-state index contributed by atoms with van der Waals surface area (Å²) in [6.45, 7) is 1.80. The van der Waals surface area contributed by atoms with Crippen molar-refractivity contribution < 1.29 is 4.74 Å². The van der Waals surface area contributed by atoms with Gasteiger partial charge in [-0.2, -0.15) is 4.98 Å². The van der Waals surface area contributed by atoms with Crippen LogP contribution in [0.3, 0.4) is 0 Å². The smallest absolute Gasteiger partial charge is 0.224 e. The fraction of sp³-hybridized carbons (Fsp3) is 0.286. The van der Waals surface area contributed by atoms with Crippen LogP contribution in [0.25, 0.3) is 0 Å². The molecule has 1 aliphatic carbocycles. The Morgan fingerprint density at radius 1 is 1.16 bits per heavy atom. The van der Waals surface area contributed by atoms with Gasteiger partial charge in [0.25, 0.3) is 0 Å². The molecular weight excluding hydrogens is 240 g/mol. The first-order valence-electron chi connectivity index (χ1n) is 6.36. The highest BCUT2D eigenvalue weighted by Crippen LogP contribution is 2.28. The number of hydrazine groups is 1. The average molecular weight is 256 g/mol. The highest BCUT2D eigenvalue weighted by atomic mass is 16.5. The topological polar surface area (TPSA) is 73.1 Å². The number of nitrogens with one attached hydrogen (secondary N) is 1. The van der Waals surface area contributed by atoms with Gasteiger partial charge >= 0.3 is 0 Å². The van der Waals surface area contributed by atoms with E-state index in [0.29, 0.717) is 17.5 Å². The lowest BCUT2D eigenvalue weighted by Gasteiger charge is -2.08. The molecule has 19 heavy (non-hydrogen) atoms. The summed E-state index contributed by atoms with van der Waals surface area (Å²) in [5, 5.41) is 0. The molecule has 98 valence electrons. The van der Waals surface area contributed by atoms with Crippen LogP contribution in [0.4, 0.5) is 5.82 Å². The predicted molar refractivity (Wildman–Crippen MR) is 73.1 cm³/mol.